The molecule has 2 aromatic heterocycles. The minimum atomic E-state index is -1.01. The van der Waals surface area contributed by atoms with Gasteiger partial charge < -0.3 is 15.5 Å². The van der Waals surface area contributed by atoms with Crippen LogP contribution in [0.5, 0.6) is 0 Å². The number of alkyl halides is 1. The third-order valence-corrected chi connectivity index (χ3v) is 5.91. The van der Waals surface area contributed by atoms with Crippen LogP contribution >= 0.6 is 0 Å². The van der Waals surface area contributed by atoms with Crippen molar-refractivity contribution in [3.63, 3.8) is 0 Å². The maximum atomic E-state index is 13.6. The van der Waals surface area contributed by atoms with Gasteiger partial charge in [-0.15, -0.1) is 0 Å². The number of fused-ring (bicyclic) bond motifs is 1. The average Bonchev–Trinajstić information content (AvgIpc) is 3.37. The fourth-order valence-electron chi connectivity index (χ4n) is 4.17. The number of carbonyl (C=O) groups excluding carboxylic acids is 2. The van der Waals surface area contributed by atoms with Crippen LogP contribution in [0.3, 0.4) is 0 Å². The van der Waals surface area contributed by atoms with Crippen molar-refractivity contribution in [1.29, 1.82) is 0 Å². The molecule has 1 aliphatic rings. The molecule has 1 aliphatic heterocycles. The number of amides is 2. The van der Waals surface area contributed by atoms with Crippen LogP contribution in [0.15, 0.2) is 42.6 Å². The predicted molar refractivity (Wildman–Crippen MR) is 117 cm³/mol. The van der Waals surface area contributed by atoms with Crippen LogP contribution in [0, 0.1) is 6.92 Å². The van der Waals surface area contributed by atoms with Crippen molar-refractivity contribution in [3.05, 3.63) is 54.0 Å². The van der Waals surface area contributed by atoms with Crippen molar-refractivity contribution in [1.82, 2.24) is 24.4 Å². The fraction of sp³-hybridized carbons (Fsp3) is 0.391. The van der Waals surface area contributed by atoms with E-state index in [2.05, 4.69) is 15.8 Å². The van der Waals surface area contributed by atoms with E-state index >= 15 is 0 Å². The quantitative estimate of drug-likeness (QED) is 0.643. The van der Waals surface area contributed by atoms with Gasteiger partial charge in [-0.1, -0.05) is 24.3 Å². The van der Waals surface area contributed by atoms with Crippen molar-refractivity contribution < 1.29 is 19.7 Å². The Morgan fingerprint density at radius 2 is 1.84 bits per heavy atom. The van der Waals surface area contributed by atoms with Gasteiger partial charge >= 0.3 is 0 Å². The highest BCUT2D eigenvalue weighted by atomic mass is 19.1. The third kappa shape index (κ3) is 4.20. The number of hydrogen-bond acceptors (Lipinski definition) is 4. The normalized spacial score (nSPS) is 18.0. The van der Waals surface area contributed by atoms with E-state index in [1.54, 1.807) is 18.6 Å². The van der Waals surface area contributed by atoms with E-state index in [1.165, 1.54) is 9.80 Å². The van der Waals surface area contributed by atoms with Crippen molar-refractivity contribution in [2.45, 2.75) is 31.5 Å². The molecule has 3 atom stereocenters. The Balaban J connectivity index is 1.62. The van der Waals surface area contributed by atoms with E-state index < -0.39 is 18.1 Å². The number of likely N-dealkylation sites (N-methyl/N-ethyl adjacent to an activating group) is 1. The van der Waals surface area contributed by atoms with Crippen LogP contribution in [-0.4, -0.2) is 75.6 Å². The van der Waals surface area contributed by atoms with E-state index in [0.717, 1.165) is 16.8 Å². The first kappa shape index (κ1) is 21.9. The number of likely N-dealkylation sites (tertiary alicyclic amines) is 1. The molecule has 0 saturated carbocycles. The summed E-state index contributed by atoms with van der Waals surface area (Å²) in [5.41, 5.74) is 7.41. The molecule has 3 N–H and O–H groups in total. The molecular formula is C23H28FN6O2+. The van der Waals surface area contributed by atoms with Crippen molar-refractivity contribution in [3.8, 4) is 11.1 Å². The average molecular weight is 440 g/mol. The first-order chi connectivity index (χ1) is 15.2. The second kappa shape index (κ2) is 8.66. The molecule has 1 saturated heterocycles. The lowest BCUT2D eigenvalue weighted by molar-refractivity contribution is -0.409. The molecule has 1 aromatic carbocycles. The Hall–Kier alpha value is -3.33. The van der Waals surface area contributed by atoms with Gasteiger partial charge in [-0.2, -0.15) is 5.10 Å². The van der Waals surface area contributed by atoms with Crippen LogP contribution in [-0.2, 0) is 9.59 Å². The molecule has 1 fully saturated rings. The summed E-state index contributed by atoms with van der Waals surface area (Å²) in [4.78, 5) is 33.2. The fourth-order valence-corrected chi connectivity index (χ4v) is 4.17. The highest BCUT2D eigenvalue weighted by Gasteiger charge is 2.40. The smallest absolute Gasteiger partial charge is 0.282 e. The molecule has 0 unspecified atom stereocenters. The van der Waals surface area contributed by atoms with E-state index in [4.69, 9.17) is 0 Å². The molecular weight excluding hydrogens is 411 g/mol. The third-order valence-electron chi connectivity index (χ3n) is 5.91. The number of quaternary nitrogens is 1. The van der Waals surface area contributed by atoms with Gasteiger partial charge in [0.05, 0.1) is 6.54 Å². The molecule has 0 radical (unpaired) electrons. The highest BCUT2D eigenvalue weighted by Crippen LogP contribution is 2.27. The second-order valence-electron chi connectivity index (χ2n) is 8.49. The topological polar surface area (TPSA) is 98.4 Å². The lowest BCUT2D eigenvalue weighted by Gasteiger charge is -2.26. The van der Waals surface area contributed by atoms with Crippen LogP contribution in [0.1, 0.15) is 23.7 Å². The number of pyridine rings is 1. The zero-order chi connectivity index (χ0) is 23.0. The highest BCUT2D eigenvalue weighted by molar-refractivity contribution is 5.92. The number of nitrogens with zero attached hydrogens (tertiary/aromatic N) is 5. The van der Waals surface area contributed by atoms with Crippen LogP contribution in [0.4, 0.5) is 4.39 Å². The van der Waals surface area contributed by atoms with E-state index in [9.17, 15) is 14.0 Å². The van der Waals surface area contributed by atoms with Gasteiger partial charge in [0, 0.05) is 32.4 Å². The van der Waals surface area contributed by atoms with Gasteiger partial charge in [0.25, 0.3) is 5.91 Å². The minimum Gasteiger partial charge on any atom is -0.348 e. The Morgan fingerprint density at radius 3 is 2.47 bits per heavy atom. The predicted octanol–water partition coefficient (Wildman–Crippen LogP) is 1.06. The number of aromatic nitrogens is 3. The van der Waals surface area contributed by atoms with Crippen LogP contribution < -0.4 is 5.73 Å². The number of carbonyl (C=O) groups is 2. The van der Waals surface area contributed by atoms with Crippen LogP contribution in [0.2, 0.25) is 0 Å². The van der Waals surface area contributed by atoms with Gasteiger partial charge in [0.1, 0.15) is 17.9 Å². The van der Waals surface area contributed by atoms with Crippen molar-refractivity contribution in [2.24, 2.45) is 0 Å². The standard InChI is InChI=1S/C23H27FN6O2/c1-14-26-19-9-8-17(12-30(19)27-14)15-4-6-16(7-5-15)20(22(31)28(2)3)21(25)23(32)29-11-10-18(24)13-29/h4-9,12,18,20-21H,10-11,13,25H2,1-3H3/p+1/t18-,20-,21-/m0/s1. The number of rotatable bonds is 5. The summed E-state index contributed by atoms with van der Waals surface area (Å²) in [5.74, 6) is -0.542. The Labute approximate surface area is 185 Å². The molecule has 3 heterocycles. The van der Waals surface area contributed by atoms with Crippen molar-refractivity contribution >= 4 is 17.5 Å². The zero-order valence-corrected chi connectivity index (χ0v) is 18.5. The van der Waals surface area contributed by atoms with Gasteiger partial charge in [0.15, 0.2) is 11.7 Å². The summed E-state index contributed by atoms with van der Waals surface area (Å²) < 4.78 is 15.3. The monoisotopic (exact) mass is 439 g/mol. The summed E-state index contributed by atoms with van der Waals surface area (Å²) in [6, 6.07) is 10.6. The first-order valence-electron chi connectivity index (χ1n) is 10.6. The lowest BCUT2D eigenvalue weighted by Crippen LogP contribution is -2.71. The van der Waals surface area contributed by atoms with Gasteiger partial charge in [0.2, 0.25) is 5.91 Å². The Bertz CT molecular complexity index is 1140. The summed E-state index contributed by atoms with van der Waals surface area (Å²) in [7, 11) is 3.31. The molecule has 0 bridgehead atoms. The maximum absolute atomic E-state index is 13.6. The van der Waals surface area contributed by atoms with Gasteiger partial charge in [-0.05, 0) is 36.6 Å². The van der Waals surface area contributed by atoms with E-state index in [1.807, 2.05) is 49.5 Å². The first-order valence-corrected chi connectivity index (χ1v) is 10.6. The van der Waals surface area contributed by atoms with Gasteiger partial charge in [-0.3, -0.25) is 9.59 Å². The maximum Gasteiger partial charge on any atom is 0.282 e. The lowest BCUT2D eigenvalue weighted by atomic mass is 9.88. The number of aryl methyl sites for hydroxylation is 1. The number of benzene rings is 1. The summed E-state index contributed by atoms with van der Waals surface area (Å²) in [6.45, 7) is 2.27. The second-order valence-corrected chi connectivity index (χ2v) is 8.49. The molecule has 0 spiro atoms. The Morgan fingerprint density at radius 1 is 1.16 bits per heavy atom. The SMILES string of the molecule is Cc1nc2ccc(-c3ccc([C@H](C(=O)N(C)C)[C@H]([NH3+])C(=O)N4CC[C@H](F)C4)cc3)cn2n1. The minimum absolute atomic E-state index is 0.0664. The van der Waals surface area contributed by atoms with Crippen LogP contribution in [0.25, 0.3) is 16.8 Å². The molecule has 0 aliphatic carbocycles. The summed E-state index contributed by atoms with van der Waals surface area (Å²) in [5, 5.41) is 4.35. The van der Waals surface area contributed by atoms with E-state index in [-0.39, 0.29) is 18.4 Å². The molecule has 168 valence electrons. The largest absolute Gasteiger partial charge is 0.348 e. The van der Waals surface area contributed by atoms with Crippen molar-refractivity contribution in [2.75, 3.05) is 27.2 Å². The van der Waals surface area contributed by atoms with E-state index in [0.29, 0.717) is 24.4 Å². The summed E-state index contributed by atoms with van der Waals surface area (Å²) in [6.07, 6.45) is 1.22. The summed E-state index contributed by atoms with van der Waals surface area (Å²) >= 11 is 0. The molecule has 4 rings (SSSR count). The number of halogens is 1. The van der Waals surface area contributed by atoms with Gasteiger partial charge in [-0.25, -0.2) is 13.9 Å². The molecule has 9 heteroatoms. The Kier molecular flexibility index (Phi) is 5.92. The molecule has 2 amide bonds. The zero-order valence-electron chi connectivity index (χ0n) is 18.5. The molecule has 3 aromatic rings. The molecule has 8 nitrogen and oxygen atoms in total. The molecule has 32 heavy (non-hydrogen) atoms. The number of hydrogen-bond donors (Lipinski definition) is 1.